The first-order valence-electron chi connectivity index (χ1n) is 11.6. The number of hydrogen-bond acceptors (Lipinski definition) is 5. The SMILES string of the molecule is CC(C)(OC(=O)[C@H](CO)NC(=O)OCC1c2ccccc2-c2ccccc21)c1ccc(C(F)(F)F)cc1. The molecule has 4 rings (SSSR count). The molecule has 2 N–H and O–H groups in total. The molecule has 9 heteroatoms. The summed E-state index contributed by atoms with van der Waals surface area (Å²) in [7, 11) is 0. The van der Waals surface area contributed by atoms with Gasteiger partial charge < -0.3 is 19.9 Å². The van der Waals surface area contributed by atoms with E-state index in [4.69, 9.17) is 9.47 Å². The summed E-state index contributed by atoms with van der Waals surface area (Å²) in [4.78, 5) is 25.2. The van der Waals surface area contributed by atoms with Gasteiger partial charge in [0.1, 0.15) is 12.2 Å². The second-order valence-electron chi connectivity index (χ2n) is 9.21. The Balaban J connectivity index is 1.37. The van der Waals surface area contributed by atoms with E-state index in [0.717, 1.165) is 34.4 Å². The summed E-state index contributed by atoms with van der Waals surface area (Å²) in [6.07, 6.45) is -5.40. The van der Waals surface area contributed by atoms with Gasteiger partial charge in [-0.1, -0.05) is 60.7 Å². The molecule has 0 radical (unpaired) electrons. The normalized spacial score (nSPS) is 13.9. The lowest BCUT2D eigenvalue weighted by Gasteiger charge is -2.28. The van der Waals surface area contributed by atoms with Gasteiger partial charge in [-0.05, 0) is 53.8 Å². The number of benzene rings is 3. The molecule has 3 aromatic rings. The summed E-state index contributed by atoms with van der Waals surface area (Å²) in [5.74, 6) is -1.14. The number of fused-ring (bicyclic) bond motifs is 3. The highest BCUT2D eigenvalue weighted by atomic mass is 19.4. The van der Waals surface area contributed by atoms with Crippen LogP contribution < -0.4 is 5.32 Å². The highest BCUT2D eigenvalue weighted by molar-refractivity contribution is 5.82. The molecule has 0 saturated heterocycles. The first-order chi connectivity index (χ1) is 17.5. The summed E-state index contributed by atoms with van der Waals surface area (Å²) in [5, 5.41) is 12.0. The summed E-state index contributed by atoms with van der Waals surface area (Å²) >= 11 is 0. The Hall–Kier alpha value is -3.85. The van der Waals surface area contributed by atoms with Gasteiger partial charge in [-0.15, -0.1) is 0 Å². The molecule has 1 atom stereocenters. The average molecular weight is 514 g/mol. The molecule has 0 aromatic heterocycles. The molecule has 0 bridgehead atoms. The fourth-order valence-corrected chi connectivity index (χ4v) is 4.40. The summed E-state index contributed by atoms with van der Waals surface area (Å²) < 4.78 is 49.4. The van der Waals surface area contributed by atoms with Crippen LogP contribution in [0.5, 0.6) is 0 Å². The van der Waals surface area contributed by atoms with Gasteiger partial charge >= 0.3 is 18.2 Å². The Labute approximate surface area is 212 Å². The predicted molar refractivity (Wildman–Crippen MR) is 130 cm³/mol. The maximum atomic E-state index is 12.8. The number of alkyl halides is 3. The molecule has 37 heavy (non-hydrogen) atoms. The minimum absolute atomic E-state index is 0.0180. The van der Waals surface area contributed by atoms with Crippen LogP contribution in [0.1, 0.15) is 42.0 Å². The van der Waals surface area contributed by atoms with Gasteiger partial charge in [0.25, 0.3) is 0 Å². The highest BCUT2D eigenvalue weighted by Gasteiger charge is 2.34. The summed E-state index contributed by atoms with van der Waals surface area (Å²) in [5.41, 5.74) is 2.33. The van der Waals surface area contributed by atoms with Gasteiger partial charge in [-0.2, -0.15) is 13.2 Å². The van der Waals surface area contributed by atoms with E-state index >= 15 is 0 Å². The molecule has 3 aromatic carbocycles. The number of carbonyl (C=O) groups excluding carboxylic acids is 2. The second kappa shape index (κ2) is 10.3. The molecule has 194 valence electrons. The van der Waals surface area contributed by atoms with Gasteiger partial charge in [0.05, 0.1) is 12.2 Å². The van der Waals surface area contributed by atoms with E-state index in [-0.39, 0.29) is 12.5 Å². The van der Waals surface area contributed by atoms with Crippen molar-refractivity contribution in [2.24, 2.45) is 0 Å². The lowest BCUT2D eigenvalue weighted by atomic mass is 9.96. The quantitative estimate of drug-likeness (QED) is 0.414. The Morgan fingerprint density at radius 3 is 1.92 bits per heavy atom. The van der Waals surface area contributed by atoms with Crippen LogP contribution in [0.2, 0.25) is 0 Å². The maximum absolute atomic E-state index is 12.8. The van der Waals surface area contributed by atoms with Gasteiger partial charge in [-0.3, -0.25) is 0 Å². The van der Waals surface area contributed by atoms with Gasteiger partial charge in [-0.25, -0.2) is 9.59 Å². The van der Waals surface area contributed by atoms with Crippen LogP contribution in [-0.2, 0) is 26.0 Å². The van der Waals surface area contributed by atoms with E-state index in [2.05, 4.69) is 5.32 Å². The number of ether oxygens (including phenoxy) is 2. The standard InChI is InChI=1S/C28H26F3NO5/c1-27(2,17-11-13-18(14-12-17)28(29,30)31)37-25(34)24(15-33)32-26(35)36-16-23-21-9-5-3-7-19(21)20-8-4-6-10-22(20)23/h3-14,23-24,33H,15-16H2,1-2H3,(H,32,35)/t24-/m0/s1. The average Bonchev–Trinajstić information content (AvgIpc) is 3.19. The number of rotatable bonds is 7. The van der Waals surface area contributed by atoms with Gasteiger partial charge in [0, 0.05) is 5.92 Å². The fourth-order valence-electron chi connectivity index (χ4n) is 4.40. The number of nitrogens with one attached hydrogen (secondary N) is 1. The van der Waals surface area contributed by atoms with Crippen LogP contribution in [0.3, 0.4) is 0 Å². The van der Waals surface area contributed by atoms with Crippen LogP contribution in [-0.4, -0.2) is 36.4 Å². The number of alkyl carbamates (subject to hydrolysis) is 1. The van der Waals surface area contributed by atoms with E-state index < -0.39 is 42.1 Å². The predicted octanol–water partition coefficient (Wildman–Crippen LogP) is 5.38. The van der Waals surface area contributed by atoms with Gasteiger partial charge in [0.2, 0.25) is 0 Å². The van der Waals surface area contributed by atoms with Crippen LogP contribution in [0.4, 0.5) is 18.0 Å². The Bertz CT molecular complexity index is 1240. The van der Waals surface area contributed by atoms with Crippen molar-refractivity contribution in [3.63, 3.8) is 0 Å². The maximum Gasteiger partial charge on any atom is 0.416 e. The summed E-state index contributed by atoms with van der Waals surface area (Å²) in [6.45, 7) is 2.25. The zero-order chi connectivity index (χ0) is 26.8. The lowest BCUT2D eigenvalue weighted by Crippen LogP contribution is -2.46. The third kappa shape index (κ3) is 5.61. The van der Waals surface area contributed by atoms with Crippen molar-refractivity contribution in [2.45, 2.75) is 37.6 Å². The van der Waals surface area contributed by atoms with Crippen molar-refractivity contribution >= 4 is 12.1 Å². The first kappa shape index (κ1) is 26.2. The molecule has 1 amide bonds. The van der Waals surface area contributed by atoms with Crippen molar-refractivity contribution in [1.82, 2.24) is 5.32 Å². The van der Waals surface area contributed by atoms with Crippen LogP contribution in [0, 0.1) is 0 Å². The van der Waals surface area contributed by atoms with Crippen molar-refractivity contribution in [3.8, 4) is 11.1 Å². The fraction of sp³-hybridized carbons (Fsp3) is 0.286. The monoisotopic (exact) mass is 513 g/mol. The molecular formula is C28H26F3NO5. The van der Waals surface area contributed by atoms with Gasteiger partial charge in [0.15, 0.2) is 6.04 Å². The minimum Gasteiger partial charge on any atom is -0.453 e. The van der Waals surface area contributed by atoms with Crippen LogP contribution in [0.25, 0.3) is 11.1 Å². The smallest absolute Gasteiger partial charge is 0.416 e. The van der Waals surface area contributed by atoms with Crippen LogP contribution >= 0.6 is 0 Å². The van der Waals surface area contributed by atoms with E-state index in [0.29, 0.717) is 5.56 Å². The van der Waals surface area contributed by atoms with E-state index in [1.165, 1.54) is 26.0 Å². The first-order valence-corrected chi connectivity index (χ1v) is 11.6. The van der Waals surface area contributed by atoms with E-state index in [9.17, 15) is 27.9 Å². The van der Waals surface area contributed by atoms with Crippen molar-refractivity contribution in [3.05, 3.63) is 95.1 Å². The number of amides is 1. The van der Waals surface area contributed by atoms with Crippen LogP contribution in [0.15, 0.2) is 72.8 Å². The Kier molecular flexibility index (Phi) is 7.27. The lowest BCUT2D eigenvalue weighted by molar-refractivity contribution is -0.161. The summed E-state index contributed by atoms with van der Waals surface area (Å²) in [6, 6.07) is 18.4. The third-order valence-corrected chi connectivity index (χ3v) is 6.37. The minimum atomic E-state index is -4.49. The molecule has 0 spiro atoms. The van der Waals surface area contributed by atoms with Crippen molar-refractivity contribution in [2.75, 3.05) is 13.2 Å². The zero-order valence-electron chi connectivity index (χ0n) is 20.2. The molecule has 0 heterocycles. The molecule has 0 saturated carbocycles. The number of halogens is 3. The largest absolute Gasteiger partial charge is 0.453 e. The molecule has 1 aliphatic carbocycles. The van der Waals surface area contributed by atoms with Crippen molar-refractivity contribution in [1.29, 1.82) is 0 Å². The number of esters is 1. The Morgan fingerprint density at radius 1 is 0.892 bits per heavy atom. The molecule has 0 unspecified atom stereocenters. The molecular weight excluding hydrogens is 487 g/mol. The number of carbonyl (C=O) groups is 2. The third-order valence-electron chi connectivity index (χ3n) is 6.37. The zero-order valence-corrected chi connectivity index (χ0v) is 20.2. The number of aliphatic hydroxyl groups is 1. The highest BCUT2D eigenvalue weighted by Crippen LogP contribution is 2.44. The molecule has 6 nitrogen and oxygen atoms in total. The molecule has 1 aliphatic rings. The number of hydrogen-bond donors (Lipinski definition) is 2. The second-order valence-corrected chi connectivity index (χ2v) is 9.21. The van der Waals surface area contributed by atoms with E-state index in [1.807, 2.05) is 48.5 Å². The Morgan fingerprint density at radius 2 is 1.41 bits per heavy atom. The topological polar surface area (TPSA) is 84.9 Å². The van der Waals surface area contributed by atoms with Crippen molar-refractivity contribution < 1.29 is 37.3 Å². The molecule has 0 aliphatic heterocycles. The number of aliphatic hydroxyl groups excluding tert-OH is 1. The van der Waals surface area contributed by atoms with E-state index in [1.54, 1.807) is 0 Å². The molecule has 0 fully saturated rings.